The Morgan fingerprint density at radius 1 is 1.00 bits per heavy atom. The molecule has 3 rings (SSSR count). The number of rotatable bonds is 6. The first-order valence-electron chi connectivity index (χ1n) is 11.3. The van der Waals surface area contributed by atoms with Crippen LogP contribution in [0, 0.1) is 0 Å². The lowest BCUT2D eigenvalue weighted by molar-refractivity contribution is 0.0952. The van der Waals surface area contributed by atoms with E-state index in [0.29, 0.717) is 0 Å². The summed E-state index contributed by atoms with van der Waals surface area (Å²) in [6, 6.07) is 12.1. The highest BCUT2D eigenvalue weighted by Crippen LogP contribution is 2.33. The van der Waals surface area contributed by atoms with Gasteiger partial charge in [-0.15, -0.1) is 0 Å². The van der Waals surface area contributed by atoms with E-state index >= 15 is 0 Å². The zero-order valence-corrected chi connectivity index (χ0v) is 19.4. The maximum absolute atomic E-state index is 12.8. The standard InChI is InChI=1S/C26H35N3O2/c1-17(2)21-15-23(18(3)4)25(30)24(16-21)26(31)28-27-19(5)20-9-11-22(12-10-20)29-13-7-6-8-14-29/h9-12,15-18,30H,6-8,13-14H2,1-5H3,(H,28,31). The fourth-order valence-corrected chi connectivity index (χ4v) is 3.95. The van der Waals surface area contributed by atoms with Crippen molar-refractivity contribution >= 4 is 17.3 Å². The Labute approximate surface area is 186 Å². The summed E-state index contributed by atoms with van der Waals surface area (Å²) in [5.41, 5.74) is 7.63. The quantitative estimate of drug-likeness (QED) is 0.459. The third kappa shape index (κ3) is 5.46. The minimum Gasteiger partial charge on any atom is -0.507 e. The highest BCUT2D eigenvalue weighted by Gasteiger charge is 2.19. The summed E-state index contributed by atoms with van der Waals surface area (Å²) in [5, 5.41) is 15.0. The van der Waals surface area contributed by atoms with Crippen LogP contribution in [0.3, 0.4) is 0 Å². The lowest BCUT2D eigenvalue weighted by Crippen LogP contribution is -2.29. The van der Waals surface area contributed by atoms with Crippen molar-refractivity contribution in [1.82, 2.24) is 5.43 Å². The predicted octanol–water partition coefficient (Wildman–Crippen LogP) is 5.78. The van der Waals surface area contributed by atoms with E-state index in [0.717, 1.165) is 35.5 Å². The van der Waals surface area contributed by atoms with Crippen molar-refractivity contribution in [1.29, 1.82) is 0 Å². The van der Waals surface area contributed by atoms with Crippen LogP contribution in [0.15, 0.2) is 41.5 Å². The third-order valence-corrected chi connectivity index (χ3v) is 6.03. The summed E-state index contributed by atoms with van der Waals surface area (Å²) in [6.07, 6.45) is 3.81. The molecule has 1 amide bonds. The first-order valence-corrected chi connectivity index (χ1v) is 11.3. The van der Waals surface area contributed by atoms with Gasteiger partial charge >= 0.3 is 0 Å². The van der Waals surface area contributed by atoms with Gasteiger partial charge in [0, 0.05) is 18.8 Å². The molecule has 0 aromatic heterocycles. The van der Waals surface area contributed by atoms with Crippen LogP contribution in [0.25, 0.3) is 0 Å². The maximum atomic E-state index is 12.8. The molecule has 1 fully saturated rings. The Balaban J connectivity index is 1.76. The van der Waals surface area contributed by atoms with Crippen molar-refractivity contribution in [3.8, 4) is 5.75 Å². The van der Waals surface area contributed by atoms with Gasteiger partial charge in [0.15, 0.2) is 0 Å². The minimum atomic E-state index is -0.397. The van der Waals surface area contributed by atoms with Crippen molar-refractivity contribution < 1.29 is 9.90 Å². The number of carbonyl (C=O) groups is 1. The van der Waals surface area contributed by atoms with Crippen molar-refractivity contribution in [2.45, 2.75) is 65.7 Å². The molecule has 1 aliphatic heterocycles. The summed E-state index contributed by atoms with van der Waals surface area (Å²) in [4.78, 5) is 15.2. The molecule has 5 nitrogen and oxygen atoms in total. The molecule has 0 unspecified atom stereocenters. The van der Waals surface area contributed by atoms with Crippen LogP contribution >= 0.6 is 0 Å². The van der Waals surface area contributed by atoms with Crippen molar-refractivity contribution in [2.75, 3.05) is 18.0 Å². The molecular weight excluding hydrogens is 386 g/mol. The Hall–Kier alpha value is -2.82. The zero-order chi connectivity index (χ0) is 22.5. The molecule has 1 aliphatic rings. The second-order valence-corrected chi connectivity index (χ2v) is 9.05. The average molecular weight is 422 g/mol. The van der Waals surface area contributed by atoms with Gasteiger partial charge in [0.1, 0.15) is 5.75 Å². The molecule has 1 saturated heterocycles. The molecule has 0 bridgehead atoms. The number of piperidine rings is 1. The summed E-state index contributed by atoms with van der Waals surface area (Å²) in [6.45, 7) is 12.3. The molecule has 2 aromatic rings. The predicted molar refractivity (Wildman–Crippen MR) is 128 cm³/mol. The lowest BCUT2D eigenvalue weighted by Gasteiger charge is -2.28. The Kier molecular flexibility index (Phi) is 7.37. The topological polar surface area (TPSA) is 64.9 Å². The minimum absolute atomic E-state index is 0.0376. The van der Waals surface area contributed by atoms with Gasteiger partial charge in [-0.2, -0.15) is 5.10 Å². The number of phenolic OH excluding ortho intramolecular Hbond substituents is 1. The van der Waals surface area contributed by atoms with E-state index in [1.165, 1.54) is 24.9 Å². The number of hydrazone groups is 1. The van der Waals surface area contributed by atoms with E-state index in [1.54, 1.807) is 6.07 Å². The largest absolute Gasteiger partial charge is 0.507 e. The van der Waals surface area contributed by atoms with Crippen molar-refractivity contribution in [2.24, 2.45) is 5.10 Å². The number of anilines is 1. The van der Waals surface area contributed by atoms with E-state index in [-0.39, 0.29) is 23.1 Å². The van der Waals surface area contributed by atoms with Gasteiger partial charge in [0.25, 0.3) is 5.91 Å². The van der Waals surface area contributed by atoms with Gasteiger partial charge < -0.3 is 10.0 Å². The second kappa shape index (κ2) is 9.99. The molecule has 2 aromatic carbocycles. The van der Waals surface area contributed by atoms with Gasteiger partial charge in [0.2, 0.25) is 0 Å². The number of benzene rings is 2. The summed E-state index contributed by atoms with van der Waals surface area (Å²) < 4.78 is 0. The highest BCUT2D eigenvalue weighted by molar-refractivity contribution is 6.02. The number of nitrogens with one attached hydrogen (secondary N) is 1. The molecular formula is C26H35N3O2. The first-order chi connectivity index (χ1) is 14.8. The summed E-state index contributed by atoms with van der Waals surface area (Å²) in [7, 11) is 0. The molecule has 166 valence electrons. The van der Waals surface area contributed by atoms with Crippen LogP contribution in [0.1, 0.15) is 92.8 Å². The van der Waals surface area contributed by atoms with Crippen LogP contribution in [0.4, 0.5) is 5.69 Å². The number of hydrogen-bond donors (Lipinski definition) is 2. The van der Waals surface area contributed by atoms with Crippen LogP contribution in [-0.2, 0) is 0 Å². The van der Waals surface area contributed by atoms with Gasteiger partial charge in [-0.1, -0.05) is 45.9 Å². The van der Waals surface area contributed by atoms with E-state index < -0.39 is 5.91 Å². The monoisotopic (exact) mass is 421 g/mol. The molecule has 0 saturated carbocycles. The Morgan fingerprint density at radius 2 is 1.65 bits per heavy atom. The SMILES string of the molecule is CC(=NNC(=O)c1cc(C(C)C)cc(C(C)C)c1O)c1ccc(N2CCCCC2)cc1. The summed E-state index contributed by atoms with van der Waals surface area (Å²) >= 11 is 0. The number of phenols is 1. The van der Waals surface area contributed by atoms with Crippen molar-refractivity contribution in [3.63, 3.8) is 0 Å². The maximum Gasteiger partial charge on any atom is 0.275 e. The van der Waals surface area contributed by atoms with Gasteiger partial charge in [0.05, 0.1) is 11.3 Å². The fourth-order valence-electron chi connectivity index (χ4n) is 3.95. The number of amides is 1. The molecule has 0 aliphatic carbocycles. The molecule has 0 atom stereocenters. The molecule has 5 heteroatoms. The van der Waals surface area contributed by atoms with Crippen LogP contribution in [0.2, 0.25) is 0 Å². The normalized spacial score (nSPS) is 14.9. The number of nitrogens with zero attached hydrogens (tertiary/aromatic N) is 2. The number of aromatic hydroxyl groups is 1. The van der Waals surface area contributed by atoms with E-state index in [1.807, 2.05) is 39.0 Å². The van der Waals surface area contributed by atoms with Crippen molar-refractivity contribution in [3.05, 3.63) is 58.7 Å². The third-order valence-electron chi connectivity index (χ3n) is 6.03. The molecule has 1 heterocycles. The van der Waals surface area contributed by atoms with Crippen LogP contribution < -0.4 is 10.3 Å². The molecule has 0 radical (unpaired) electrons. The summed E-state index contributed by atoms with van der Waals surface area (Å²) in [5.74, 6) is 0.0176. The van der Waals surface area contributed by atoms with Gasteiger partial charge in [-0.25, -0.2) is 5.43 Å². The van der Waals surface area contributed by atoms with E-state index in [2.05, 4.69) is 41.4 Å². The van der Waals surface area contributed by atoms with E-state index in [9.17, 15) is 9.90 Å². The Morgan fingerprint density at radius 3 is 2.23 bits per heavy atom. The average Bonchev–Trinajstić information content (AvgIpc) is 2.77. The highest BCUT2D eigenvalue weighted by atomic mass is 16.3. The van der Waals surface area contributed by atoms with Crippen LogP contribution in [-0.4, -0.2) is 29.8 Å². The van der Waals surface area contributed by atoms with E-state index in [4.69, 9.17) is 0 Å². The first kappa shape index (κ1) is 22.9. The fraction of sp³-hybridized carbons (Fsp3) is 0.462. The second-order valence-electron chi connectivity index (χ2n) is 9.05. The molecule has 2 N–H and O–H groups in total. The lowest BCUT2D eigenvalue weighted by atomic mass is 9.92. The molecule has 0 spiro atoms. The number of hydrogen-bond acceptors (Lipinski definition) is 4. The Bertz CT molecular complexity index is 940. The molecule has 31 heavy (non-hydrogen) atoms. The van der Waals surface area contributed by atoms with Gasteiger partial charge in [-0.05, 0) is 72.9 Å². The van der Waals surface area contributed by atoms with Crippen LogP contribution in [0.5, 0.6) is 5.75 Å². The zero-order valence-electron chi connectivity index (χ0n) is 19.4. The number of carbonyl (C=O) groups excluding carboxylic acids is 1. The van der Waals surface area contributed by atoms with Gasteiger partial charge in [-0.3, -0.25) is 4.79 Å². The smallest absolute Gasteiger partial charge is 0.275 e.